The summed E-state index contributed by atoms with van der Waals surface area (Å²) >= 11 is 0. The number of esters is 2. The van der Waals surface area contributed by atoms with E-state index < -0.39 is 11.9 Å². The van der Waals surface area contributed by atoms with Crippen molar-refractivity contribution in [1.82, 2.24) is 0 Å². The van der Waals surface area contributed by atoms with Crippen LogP contribution >= 0.6 is 0 Å². The number of rotatable bonds is 5. The van der Waals surface area contributed by atoms with Gasteiger partial charge in [0.05, 0.1) is 13.2 Å². The van der Waals surface area contributed by atoms with Crippen LogP contribution in [0.25, 0.3) is 0 Å². The Labute approximate surface area is 134 Å². The van der Waals surface area contributed by atoms with Crippen molar-refractivity contribution in [2.45, 2.75) is 57.8 Å². The average molecular weight is 332 g/mol. The van der Waals surface area contributed by atoms with Gasteiger partial charge in [-0.1, -0.05) is 0 Å². The second-order valence-electron chi connectivity index (χ2n) is 5.00. The van der Waals surface area contributed by atoms with Crippen LogP contribution in [0.15, 0.2) is 0 Å². The van der Waals surface area contributed by atoms with Crippen molar-refractivity contribution in [3.05, 3.63) is 0 Å². The van der Waals surface area contributed by atoms with Crippen LogP contribution in [0.5, 0.6) is 0 Å². The summed E-state index contributed by atoms with van der Waals surface area (Å²) in [5, 5.41) is 16.3. The van der Waals surface area contributed by atoms with Gasteiger partial charge in [-0.25, -0.2) is 0 Å². The molecule has 0 atom stereocenters. The Hall–Kier alpha value is -2.12. The first-order chi connectivity index (χ1) is 10.9. The third kappa shape index (κ3) is 16.1. The van der Waals surface area contributed by atoms with Gasteiger partial charge in [-0.2, -0.15) is 0 Å². The predicted molar refractivity (Wildman–Crippen MR) is 78.7 cm³/mol. The predicted octanol–water partition coefficient (Wildman–Crippen LogP) is 1.75. The van der Waals surface area contributed by atoms with Crippen molar-refractivity contribution in [2.24, 2.45) is 0 Å². The first-order valence-electron chi connectivity index (χ1n) is 7.66. The van der Waals surface area contributed by atoms with Gasteiger partial charge in [0.25, 0.3) is 0 Å². The minimum atomic E-state index is -0.870. The molecule has 1 saturated heterocycles. The molecule has 0 spiro atoms. The topological polar surface area (TPSA) is 127 Å². The van der Waals surface area contributed by atoms with Crippen LogP contribution in [0.3, 0.4) is 0 Å². The van der Waals surface area contributed by atoms with Gasteiger partial charge >= 0.3 is 23.9 Å². The zero-order valence-electron chi connectivity index (χ0n) is 13.1. The molecular formula is C15H24O8. The average Bonchev–Trinajstić information content (AvgIpc) is 2.51. The quantitative estimate of drug-likeness (QED) is 0.576. The number of unbranched alkanes of at least 4 members (excludes halogenated alkanes) is 1. The SMILES string of the molecule is O=C(O)CCCCC(=O)O.O=C1CCCC(=O)OCCCCO1. The number of carboxylic acids is 2. The maximum Gasteiger partial charge on any atom is 0.305 e. The number of hydrogen-bond donors (Lipinski definition) is 2. The van der Waals surface area contributed by atoms with Crippen LogP contribution in [0.4, 0.5) is 0 Å². The van der Waals surface area contributed by atoms with Crippen molar-refractivity contribution in [3.8, 4) is 0 Å². The van der Waals surface area contributed by atoms with Crippen molar-refractivity contribution in [3.63, 3.8) is 0 Å². The molecule has 0 aromatic carbocycles. The van der Waals surface area contributed by atoms with Gasteiger partial charge in [-0.05, 0) is 32.1 Å². The lowest BCUT2D eigenvalue weighted by Gasteiger charge is -2.01. The molecule has 23 heavy (non-hydrogen) atoms. The van der Waals surface area contributed by atoms with Crippen molar-refractivity contribution >= 4 is 23.9 Å². The summed E-state index contributed by atoms with van der Waals surface area (Å²) in [5.41, 5.74) is 0. The highest BCUT2D eigenvalue weighted by Gasteiger charge is 2.08. The van der Waals surface area contributed by atoms with E-state index in [1.807, 2.05) is 0 Å². The van der Waals surface area contributed by atoms with Crippen LogP contribution in [0.2, 0.25) is 0 Å². The smallest absolute Gasteiger partial charge is 0.305 e. The van der Waals surface area contributed by atoms with E-state index in [9.17, 15) is 19.2 Å². The second-order valence-corrected chi connectivity index (χ2v) is 5.00. The Morgan fingerprint density at radius 2 is 1.17 bits per heavy atom. The fourth-order valence-corrected chi connectivity index (χ4v) is 1.65. The van der Waals surface area contributed by atoms with E-state index in [2.05, 4.69) is 0 Å². The van der Waals surface area contributed by atoms with Crippen LogP contribution in [-0.2, 0) is 28.7 Å². The maximum atomic E-state index is 10.9. The molecule has 8 nitrogen and oxygen atoms in total. The molecule has 1 aliphatic rings. The summed E-state index contributed by atoms with van der Waals surface area (Å²) in [6.07, 6.45) is 3.70. The molecule has 0 aliphatic carbocycles. The normalized spacial score (nSPS) is 16.0. The Morgan fingerprint density at radius 1 is 0.783 bits per heavy atom. The van der Waals surface area contributed by atoms with Gasteiger partial charge in [0.2, 0.25) is 0 Å². The van der Waals surface area contributed by atoms with Gasteiger partial charge in [0, 0.05) is 25.7 Å². The number of ether oxygens (including phenoxy) is 2. The molecule has 0 saturated carbocycles. The van der Waals surface area contributed by atoms with E-state index in [0.717, 1.165) is 12.8 Å². The molecule has 1 fully saturated rings. The molecule has 132 valence electrons. The van der Waals surface area contributed by atoms with Crippen molar-refractivity contribution < 1.29 is 38.9 Å². The monoisotopic (exact) mass is 332 g/mol. The molecule has 0 amide bonds. The van der Waals surface area contributed by atoms with Gasteiger partial charge in [0.1, 0.15) is 0 Å². The molecule has 0 radical (unpaired) electrons. The standard InChI is InChI=1S/C9H14O4.C6H10O4/c10-8-4-3-5-9(11)13-7-2-1-6-12-8;7-5(8)3-1-2-4-6(9)10/h1-7H2;1-4H2,(H,7,8)(H,9,10). The summed E-state index contributed by atoms with van der Waals surface area (Å²) in [6, 6.07) is 0. The van der Waals surface area contributed by atoms with E-state index in [1.54, 1.807) is 0 Å². The molecule has 0 unspecified atom stereocenters. The lowest BCUT2D eigenvalue weighted by Crippen LogP contribution is -2.06. The van der Waals surface area contributed by atoms with Gasteiger partial charge in [-0.3, -0.25) is 19.2 Å². The maximum absolute atomic E-state index is 10.9. The van der Waals surface area contributed by atoms with Crippen molar-refractivity contribution in [2.75, 3.05) is 13.2 Å². The summed E-state index contributed by atoms with van der Waals surface area (Å²) in [6.45, 7) is 0.882. The summed E-state index contributed by atoms with van der Waals surface area (Å²) in [7, 11) is 0. The highest BCUT2D eigenvalue weighted by Crippen LogP contribution is 2.03. The Balaban J connectivity index is 0.000000438. The Kier molecular flexibility index (Phi) is 12.3. The Bertz CT molecular complexity index is 355. The van der Waals surface area contributed by atoms with Crippen LogP contribution < -0.4 is 0 Å². The lowest BCUT2D eigenvalue weighted by molar-refractivity contribution is -0.144. The van der Waals surface area contributed by atoms with Gasteiger partial charge in [-0.15, -0.1) is 0 Å². The Morgan fingerprint density at radius 3 is 1.52 bits per heavy atom. The van der Waals surface area contributed by atoms with Crippen LogP contribution in [-0.4, -0.2) is 47.3 Å². The largest absolute Gasteiger partial charge is 0.481 e. The van der Waals surface area contributed by atoms with E-state index in [4.69, 9.17) is 19.7 Å². The van der Waals surface area contributed by atoms with E-state index in [1.165, 1.54) is 0 Å². The van der Waals surface area contributed by atoms with E-state index in [0.29, 0.717) is 45.3 Å². The summed E-state index contributed by atoms with van der Waals surface area (Å²) < 4.78 is 9.81. The summed E-state index contributed by atoms with van der Waals surface area (Å²) in [5.74, 6) is -2.17. The summed E-state index contributed by atoms with van der Waals surface area (Å²) in [4.78, 5) is 41.7. The number of carbonyl (C=O) groups excluding carboxylic acids is 2. The number of cyclic esters (lactones) is 2. The second kappa shape index (κ2) is 13.5. The molecular weight excluding hydrogens is 308 g/mol. The fourth-order valence-electron chi connectivity index (χ4n) is 1.65. The lowest BCUT2D eigenvalue weighted by atomic mass is 10.2. The molecule has 1 heterocycles. The molecule has 8 heteroatoms. The molecule has 0 bridgehead atoms. The van der Waals surface area contributed by atoms with E-state index >= 15 is 0 Å². The minimum Gasteiger partial charge on any atom is -0.481 e. The molecule has 1 rings (SSSR count). The molecule has 0 aromatic rings. The zero-order chi connectivity index (χ0) is 17.5. The number of aliphatic carboxylic acids is 2. The van der Waals surface area contributed by atoms with Crippen molar-refractivity contribution in [1.29, 1.82) is 0 Å². The highest BCUT2D eigenvalue weighted by atomic mass is 16.5. The minimum absolute atomic E-state index is 0.0628. The number of carboxylic acid groups (broad SMARTS) is 2. The zero-order valence-corrected chi connectivity index (χ0v) is 13.1. The fraction of sp³-hybridized carbons (Fsp3) is 0.733. The van der Waals surface area contributed by atoms with Crippen LogP contribution in [0, 0.1) is 0 Å². The first-order valence-corrected chi connectivity index (χ1v) is 7.66. The van der Waals surface area contributed by atoms with E-state index in [-0.39, 0.29) is 24.8 Å². The number of carbonyl (C=O) groups is 4. The van der Waals surface area contributed by atoms with Gasteiger partial charge in [0.15, 0.2) is 0 Å². The van der Waals surface area contributed by atoms with Gasteiger partial charge < -0.3 is 19.7 Å². The number of hydrogen-bond acceptors (Lipinski definition) is 6. The molecule has 0 aromatic heterocycles. The third-order valence-corrected chi connectivity index (χ3v) is 2.86. The highest BCUT2D eigenvalue weighted by molar-refractivity contribution is 5.72. The third-order valence-electron chi connectivity index (χ3n) is 2.86. The molecule has 2 N–H and O–H groups in total. The molecule has 1 aliphatic heterocycles. The van der Waals surface area contributed by atoms with Crippen LogP contribution in [0.1, 0.15) is 57.8 Å². The first kappa shape index (κ1) is 20.9.